The third kappa shape index (κ3) is 3.45. The first-order chi connectivity index (χ1) is 11.2. The van der Waals surface area contributed by atoms with Gasteiger partial charge in [-0.25, -0.2) is 4.68 Å². The number of ketones is 1. The number of aromatic nitrogens is 3. The van der Waals surface area contributed by atoms with Crippen LogP contribution in [0.2, 0.25) is 0 Å². The lowest BCUT2D eigenvalue weighted by atomic mass is 10.1. The summed E-state index contributed by atoms with van der Waals surface area (Å²) in [6, 6.07) is 14.3. The number of carbonyl (C=O) groups excluding carboxylic acids is 1. The SMILES string of the molecule is CCc1ccc(-c2cn(CC(=O)c3ccc(O)cc3)nn2)cc1. The summed E-state index contributed by atoms with van der Waals surface area (Å²) in [5.74, 6) is 0.0582. The number of carbonyl (C=O) groups is 1. The van der Waals surface area contributed by atoms with Crippen LogP contribution in [0.15, 0.2) is 54.7 Å². The van der Waals surface area contributed by atoms with Gasteiger partial charge >= 0.3 is 0 Å². The van der Waals surface area contributed by atoms with Crippen LogP contribution in [-0.2, 0) is 13.0 Å². The van der Waals surface area contributed by atoms with Crippen LogP contribution in [0.4, 0.5) is 0 Å². The Balaban J connectivity index is 1.73. The molecule has 0 aliphatic carbocycles. The van der Waals surface area contributed by atoms with Crippen LogP contribution in [0.3, 0.4) is 0 Å². The van der Waals surface area contributed by atoms with E-state index in [4.69, 9.17) is 0 Å². The molecule has 0 bridgehead atoms. The third-order valence-electron chi connectivity index (χ3n) is 3.69. The fraction of sp³-hybridized carbons (Fsp3) is 0.167. The minimum absolute atomic E-state index is 0.0808. The average molecular weight is 307 g/mol. The van der Waals surface area contributed by atoms with Gasteiger partial charge in [0.25, 0.3) is 0 Å². The third-order valence-corrected chi connectivity index (χ3v) is 3.69. The molecule has 0 unspecified atom stereocenters. The molecular weight excluding hydrogens is 290 g/mol. The number of benzene rings is 2. The van der Waals surface area contributed by atoms with E-state index in [0.717, 1.165) is 17.7 Å². The number of hydrogen-bond acceptors (Lipinski definition) is 4. The molecule has 5 heteroatoms. The first kappa shape index (κ1) is 15.0. The zero-order valence-electron chi connectivity index (χ0n) is 12.8. The predicted molar refractivity (Wildman–Crippen MR) is 87.3 cm³/mol. The second kappa shape index (κ2) is 6.44. The van der Waals surface area contributed by atoms with Crippen LogP contribution >= 0.6 is 0 Å². The van der Waals surface area contributed by atoms with Crippen molar-refractivity contribution in [1.82, 2.24) is 15.0 Å². The van der Waals surface area contributed by atoms with Gasteiger partial charge in [-0.2, -0.15) is 0 Å². The second-order valence-electron chi connectivity index (χ2n) is 5.32. The summed E-state index contributed by atoms with van der Waals surface area (Å²) in [5, 5.41) is 17.4. The van der Waals surface area contributed by atoms with Gasteiger partial charge in [0.05, 0.1) is 6.20 Å². The van der Waals surface area contributed by atoms with E-state index in [1.807, 2.05) is 12.1 Å². The van der Waals surface area contributed by atoms with E-state index in [2.05, 4.69) is 29.4 Å². The normalized spacial score (nSPS) is 10.7. The van der Waals surface area contributed by atoms with Gasteiger partial charge in [-0.05, 0) is 36.2 Å². The quantitative estimate of drug-likeness (QED) is 0.735. The molecular formula is C18H17N3O2. The van der Waals surface area contributed by atoms with Crippen molar-refractivity contribution in [3.8, 4) is 17.0 Å². The highest BCUT2D eigenvalue weighted by molar-refractivity contribution is 5.95. The van der Waals surface area contributed by atoms with Crippen molar-refractivity contribution in [2.24, 2.45) is 0 Å². The second-order valence-corrected chi connectivity index (χ2v) is 5.32. The summed E-state index contributed by atoms with van der Waals surface area (Å²) >= 11 is 0. The van der Waals surface area contributed by atoms with Crippen molar-refractivity contribution in [2.75, 3.05) is 0 Å². The lowest BCUT2D eigenvalue weighted by Gasteiger charge is -2.01. The van der Waals surface area contributed by atoms with Crippen molar-refractivity contribution in [3.63, 3.8) is 0 Å². The number of phenols is 1. The van der Waals surface area contributed by atoms with Crippen LogP contribution in [0, 0.1) is 0 Å². The molecule has 5 nitrogen and oxygen atoms in total. The topological polar surface area (TPSA) is 68.0 Å². The molecule has 3 rings (SSSR count). The fourth-order valence-electron chi connectivity index (χ4n) is 2.30. The van der Waals surface area contributed by atoms with Gasteiger partial charge in [0.2, 0.25) is 0 Å². The van der Waals surface area contributed by atoms with E-state index in [0.29, 0.717) is 5.56 Å². The number of hydrogen-bond donors (Lipinski definition) is 1. The van der Waals surface area contributed by atoms with Gasteiger partial charge in [0.15, 0.2) is 5.78 Å². The van der Waals surface area contributed by atoms with Crippen molar-refractivity contribution in [3.05, 3.63) is 65.9 Å². The van der Waals surface area contributed by atoms with Crippen LogP contribution < -0.4 is 0 Å². The van der Waals surface area contributed by atoms with Crippen LogP contribution in [-0.4, -0.2) is 25.9 Å². The summed E-state index contributed by atoms with van der Waals surface area (Å²) in [5.41, 5.74) is 3.52. The standard InChI is InChI=1S/C18H17N3O2/c1-2-13-3-5-14(6-4-13)17-11-21(20-19-17)12-18(23)15-7-9-16(22)10-8-15/h3-11,22H,2,12H2,1H3. The van der Waals surface area contributed by atoms with Gasteiger partial charge in [-0.3, -0.25) is 4.79 Å². The van der Waals surface area contributed by atoms with Crippen molar-refractivity contribution >= 4 is 5.78 Å². The summed E-state index contributed by atoms with van der Waals surface area (Å²) in [7, 11) is 0. The van der Waals surface area contributed by atoms with Crippen molar-refractivity contribution in [1.29, 1.82) is 0 Å². The molecule has 0 saturated carbocycles. The summed E-state index contributed by atoms with van der Waals surface area (Å²) in [4.78, 5) is 12.2. The Labute approximate surface area is 134 Å². The van der Waals surface area contributed by atoms with E-state index in [9.17, 15) is 9.90 Å². The van der Waals surface area contributed by atoms with Gasteiger partial charge in [0, 0.05) is 11.1 Å². The molecule has 23 heavy (non-hydrogen) atoms. The Kier molecular flexibility index (Phi) is 4.19. The Morgan fingerprint density at radius 3 is 2.43 bits per heavy atom. The Morgan fingerprint density at radius 1 is 1.09 bits per heavy atom. The fourth-order valence-corrected chi connectivity index (χ4v) is 2.30. The molecule has 3 aromatic rings. The monoisotopic (exact) mass is 307 g/mol. The first-order valence-corrected chi connectivity index (χ1v) is 7.47. The number of phenolic OH excluding ortho intramolecular Hbond substituents is 1. The number of nitrogens with zero attached hydrogens (tertiary/aromatic N) is 3. The van der Waals surface area contributed by atoms with E-state index in [-0.39, 0.29) is 18.1 Å². The number of Topliss-reactive ketones (excluding diaryl/α,β-unsaturated/α-hetero) is 1. The molecule has 0 spiro atoms. The molecule has 0 atom stereocenters. The van der Waals surface area contributed by atoms with Crippen LogP contribution in [0.5, 0.6) is 5.75 Å². The molecule has 0 radical (unpaired) electrons. The molecule has 1 heterocycles. The zero-order chi connectivity index (χ0) is 16.2. The highest BCUT2D eigenvalue weighted by Gasteiger charge is 2.10. The van der Waals surface area contributed by atoms with E-state index >= 15 is 0 Å². The lowest BCUT2D eigenvalue weighted by Crippen LogP contribution is -2.10. The average Bonchev–Trinajstić information content (AvgIpc) is 3.04. The molecule has 0 amide bonds. The Hall–Kier alpha value is -2.95. The molecule has 0 fully saturated rings. The van der Waals surface area contributed by atoms with E-state index in [1.165, 1.54) is 22.4 Å². The Bertz CT molecular complexity index is 805. The minimum Gasteiger partial charge on any atom is -0.508 e. The van der Waals surface area contributed by atoms with Crippen LogP contribution in [0.25, 0.3) is 11.3 Å². The molecule has 0 saturated heterocycles. The number of aryl methyl sites for hydroxylation is 1. The first-order valence-electron chi connectivity index (χ1n) is 7.47. The highest BCUT2D eigenvalue weighted by atomic mass is 16.3. The van der Waals surface area contributed by atoms with Gasteiger partial charge < -0.3 is 5.11 Å². The van der Waals surface area contributed by atoms with Gasteiger partial charge in [-0.15, -0.1) is 5.10 Å². The Morgan fingerprint density at radius 2 is 1.78 bits per heavy atom. The maximum Gasteiger partial charge on any atom is 0.184 e. The van der Waals surface area contributed by atoms with Crippen LogP contribution in [0.1, 0.15) is 22.8 Å². The molecule has 116 valence electrons. The largest absolute Gasteiger partial charge is 0.508 e. The predicted octanol–water partition coefficient (Wildman–Crippen LogP) is 3.10. The van der Waals surface area contributed by atoms with Gasteiger partial charge in [0.1, 0.15) is 18.0 Å². The number of aromatic hydroxyl groups is 1. The molecule has 1 N–H and O–H groups in total. The zero-order valence-corrected chi connectivity index (χ0v) is 12.8. The maximum absolute atomic E-state index is 12.2. The summed E-state index contributed by atoms with van der Waals surface area (Å²) in [6.07, 6.45) is 2.76. The number of rotatable bonds is 5. The maximum atomic E-state index is 12.2. The molecule has 0 aliphatic heterocycles. The molecule has 0 aliphatic rings. The van der Waals surface area contributed by atoms with Crippen molar-refractivity contribution in [2.45, 2.75) is 19.9 Å². The minimum atomic E-state index is -0.0808. The molecule has 1 aromatic heterocycles. The highest BCUT2D eigenvalue weighted by Crippen LogP contribution is 2.17. The van der Waals surface area contributed by atoms with Crippen molar-refractivity contribution < 1.29 is 9.90 Å². The lowest BCUT2D eigenvalue weighted by molar-refractivity contribution is 0.0967. The summed E-state index contributed by atoms with van der Waals surface area (Å²) < 4.78 is 1.53. The van der Waals surface area contributed by atoms with E-state index in [1.54, 1.807) is 18.3 Å². The summed E-state index contributed by atoms with van der Waals surface area (Å²) in [6.45, 7) is 2.23. The smallest absolute Gasteiger partial charge is 0.184 e. The van der Waals surface area contributed by atoms with E-state index < -0.39 is 0 Å². The molecule has 2 aromatic carbocycles. The van der Waals surface area contributed by atoms with Gasteiger partial charge in [-0.1, -0.05) is 36.4 Å².